The lowest BCUT2D eigenvalue weighted by Crippen LogP contribution is -2.55. The summed E-state index contributed by atoms with van der Waals surface area (Å²) in [7, 11) is -4.32. The summed E-state index contributed by atoms with van der Waals surface area (Å²) in [6, 6.07) is 24.6. The van der Waals surface area contributed by atoms with Crippen molar-refractivity contribution in [3.63, 3.8) is 0 Å². The van der Waals surface area contributed by atoms with Crippen molar-refractivity contribution in [2.75, 3.05) is 10.8 Å². The van der Waals surface area contributed by atoms with E-state index in [1.807, 2.05) is 37.3 Å². The molecule has 0 bridgehead atoms. The van der Waals surface area contributed by atoms with Crippen LogP contribution in [0.3, 0.4) is 0 Å². The second kappa shape index (κ2) is 16.0. The van der Waals surface area contributed by atoms with Crippen LogP contribution in [0.1, 0.15) is 48.8 Å². The highest BCUT2D eigenvalue weighted by Crippen LogP contribution is 2.30. The number of amides is 2. The summed E-state index contributed by atoms with van der Waals surface area (Å²) < 4.78 is 43.3. The number of rotatable bonds is 12. The molecular formula is C37H38Cl2FN3O4S. The molecule has 0 aromatic heterocycles. The first-order valence-corrected chi connectivity index (χ1v) is 18.1. The summed E-state index contributed by atoms with van der Waals surface area (Å²) in [4.78, 5) is 30.2. The molecular weight excluding hydrogens is 672 g/mol. The molecule has 1 N–H and O–H groups in total. The smallest absolute Gasteiger partial charge is 0.264 e. The van der Waals surface area contributed by atoms with Crippen LogP contribution in [0.15, 0.2) is 102 Å². The minimum absolute atomic E-state index is 0.0284. The molecule has 5 rings (SSSR count). The van der Waals surface area contributed by atoms with Gasteiger partial charge < -0.3 is 10.2 Å². The molecule has 1 aliphatic carbocycles. The second-order valence-corrected chi connectivity index (χ2v) is 14.9. The number of halogens is 3. The Morgan fingerprint density at radius 1 is 0.854 bits per heavy atom. The van der Waals surface area contributed by atoms with Crippen LogP contribution in [0.25, 0.3) is 0 Å². The van der Waals surface area contributed by atoms with Crippen molar-refractivity contribution in [3.05, 3.63) is 130 Å². The predicted octanol–water partition coefficient (Wildman–Crippen LogP) is 7.73. The molecule has 1 fully saturated rings. The van der Waals surface area contributed by atoms with Crippen LogP contribution < -0.4 is 9.62 Å². The molecule has 2 amide bonds. The highest BCUT2D eigenvalue weighted by molar-refractivity contribution is 7.92. The van der Waals surface area contributed by atoms with E-state index in [0.29, 0.717) is 5.56 Å². The minimum atomic E-state index is -4.32. The fourth-order valence-corrected chi connectivity index (χ4v) is 7.85. The molecule has 4 aromatic rings. The first-order chi connectivity index (χ1) is 23.0. The maximum atomic E-state index is 14.6. The molecule has 1 atom stereocenters. The van der Waals surface area contributed by atoms with E-state index in [4.69, 9.17) is 23.2 Å². The monoisotopic (exact) mass is 709 g/mol. The third kappa shape index (κ3) is 9.15. The van der Waals surface area contributed by atoms with Gasteiger partial charge in [-0.05, 0) is 73.4 Å². The maximum Gasteiger partial charge on any atom is 0.264 e. The largest absolute Gasteiger partial charge is 0.352 e. The Morgan fingerprint density at radius 2 is 1.48 bits per heavy atom. The Balaban J connectivity index is 1.58. The lowest BCUT2D eigenvalue weighted by atomic mass is 9.94. The van der Waals surface area contributed by atoms with Crippen LogP contribution in [0, 0.1) is 12.7 Å². The van der Waals surface area contributed by atoms with Gasteiger partial charge >= 0.3 is 0 Å². The Bertz CT molecular complexity index is 1800. The van der Waals surface area contributed by atoms with E-state index in [-0.39, 0.29) is 45.5 Å². The highest BCUT2D eigenvalue weighted by Gasteiger charge is 2.35. The minimum Gasteiger partial charge on any atom is -0.352 e. The SMILES string of the molecule is Cc1ccc(S(=O)(=O)N(CC(=O)N(Cc2ccc(F)cc2)[C@H](Cc2ccccc2)C(=O)NC2CCCCC2)c2cc(Cl)cc(Cl)c2)cc1. The van der Waals surface area contributed by atoms with E-state index in [0.717, 1.165) is 47.5 Å². The molecule has 0 unspecified atom stereocenters. The average molecular weight is 711 g/mol. The number of nitrogens with one attached hydrogen (secondary N) is 1. The number of hydrogen-bond donors (Lipinski definition) is 1. The van der Waals surface area contributed by atoms with Crippen molar-refractivity contribution in [2.24, 2.45) is 0 Å². The van der Waals surface area contributed by atoms with Gasteiger partial charge in [0.2, 0.25) is 11.8 Å². The van der Waals surface area contributed by atoms with Gasteiger partial charge in [-0.1, -0.05) is 103 Å². The van der Waals surface area contributed by atoms with Gasteiger partial charge in [0.05, 0.1) is 10.6 Å². The Morgan fingerprint density at radius 3 is 2.10 bits per heavy atom. The Labute approximate surface area is 291 Å². The average Bonchev–Trinajstić information content (AvgIpc) is 3.06. The quantitative estimate of drug-likeness (QED) is 0.163. The predicted molar refractivity (Wildman–Crippen MR) is 188 cm³/mol. The van der Waals surface area contributed by atoms with Crippen molar-refractivity contribution < 1.29 is 22.4 Å². The lowest BCUT2D eigenvalue weighted by molar-refractivity contribution is -0.140. The number of benzene rings is 4. The summed E-state index contributed by atoms with van der Waals surface area (Å²) in [6.45, 7) is 1.12. The summed E-state index contributed by atoms with van der Waals surface area (Å²) >= 11 is 12.6. The van der Waals surface area contributed by atoms with Crippen LogP contribution in [-0.4, -0.2) is 43.8 Å². The molecule has 0 spiro atoms. The summed E-state index contributed by atoms with van der Waals surface area (Å²) in [6.07, 6.45) is 4.97. The fourth-order valence-electron chi connectivity index (χ4n) is 5.93. The van der Waals surface area contributed by atoms with Crippen molar-refractivity contribution in [1.82, 2.24) is 10.2 Å². The molecule has 1 aliphatic rings. The van der Waals surface area contributed by atoms with E-state index in [1.54, 1.807) is 24.3 Å². The first-order valence-electron chi connectivity index (χ1n) is 15.9. The zero-order valence-electron chi connectivity index (χ0n) is 26.6. The number of anilines is 1. The molecule has 0 radical (unpaired) electrons. The summed E-state index contributed by atoms with van der Waals surface area (Å²) in [5, 5.41) is 3.54. The summed E-state index contributed by atoms with van der Waals surface area (Å²) in [5.74, 6) is -1.41. The van der Waals surface area contributed by atoms with E-state index in [9.17, 15) is 22.4 Å². The molecule has 0 aliphatic heterocycles. The van der Waals surface area contributed by atoms with Gasteiger partial charge in [-0.15, -0.1) is 0 Å². The topological polar surface area (TPSA) is 86.8 Å². The number of nitrogens with zero attached hydrogens (tertiary/aromatic N) is 2. The van der Waals surface area contributed by atoms with Crippen molar-refractivity contribution in [2.45, 2.75) is 69.0 Å². The molecule has 0 saturated heterocycles. The Hall–Kier alpha value is -3.92. The van der Waals surface area contributed by atoms with Gasteiger partial charge in [-0.3, -0.25) is 13.9 Å². The number of hydrogen-bond acceptors (Lipinski definition) is 4. The standard InChI is InChI=1S/C37H38Cl2FN3O4S/c1-26-12-18-34(19-13-26)48(46,47)43(33-22-29(38)21-30(39)23-33)25-36(44)42(24-28-14-16-31(40)17-15-28)35(20-27-8-4-2-5-9-27)37(45)41-32-10-6-3-7-11-32/h2,4-5,8-9,12-19,21-23,32,35H,3,6-7,10-11,20,24-25H2,1H3,(H,41,45)/t35-/m1/s1. The van der Waals surface area contributed by atoms with Crippen molar-refractivity contribution in [1.29, 1.82) is 0 Å². The normalized spacial score (nSPS) is 14.2. The zero-order valence-corrected chi connectivity index (χ0v) is 28.9. The van der Waals surface area contributed by atoms with Crippen LogP contribution in [0.5, 0.6) is 0 Å². The van der Waals surface area contributed by atoms with Gasteiger partial charge in [-0.2, -0.15) is 0 Å². The third-order valence-electron chi connectivity index (χ3n) is 8.51. The molecule has 4 aromatic carbocycles. The zero-order chi connectivity index (χ0) is 34.3. The van der Waals surface area contributed by atoms with Gasteiger partial charge in [-0.25, -0.2) is 12.8 Å². The van der Waals surface area contributed by atoms with E-state index >= 15 is 0 Å². The van der Waals surface area contributed by atoms with Crippen LogP contribution in [0.2, 0.25) is 10.0 Å². The van der Waals surface area contributed by atoms with Crippen LogP contribution in [0.4, 0.5) is 10.1 Å². The van der Waals surface area contributed by atoms with Crippen molar-refractivity contribution >= 4 is 50.7 Å². The second-order valence-electron chi connectivity index (χ2n) is 12.1. The van der Waals surface area contributed by atoms with Gasteiger partial charge in [0.1, 0.15) is 18.4 Å². The van der Waals surface area contributed by atoms with Gasteiger partial charge in [0, 0.05) is 29.1 Å². The lowest BCUT2D eigenvalue weighted by Gasteiger charge is -2.35. The molecule has 7 nitrogen and oxygen atoms in total. The van der Waals surface area contributed by atoms with E-state index < -0.39 is 34.3 Å². The molecule has 48 heavy (non-hydrogen) atoms. The molecule has 1 saturated carbocycles. The third-order valence-corrected chi connectivity index (χ3v) is 10.7. The highest BCUT2D eigenvalue weighted by atomic mass is 35.5. The summed E-state index contributed by atoms with van der Waals surface area (Å²) in [5.41, 5.74) is 2.35. The number of sulfonamides is 1. The molecule has 11 heteroatoms. The van der Waals surface area contributed by atoms with Crippen LogP contribution >= 0.6 is 23.2 Å². The molecule has 0 heterocycles. The first kappa shape index (κ1) is 35.4. The number of aryl methyl sites for hydroxylation is 1. The van der Waals surface area contributed by atoms with E-state index in [1.165, 1.54) is 47.4 Å². The van der Waals surface area contributed by atoms with Crippen LogP contribution in [-0.2, 0) is 32.6 Å². The molecule has 252 valence electrons. The maximum absolute atomic E-state index is 14.6. The van der Waals surface area contributed by atoms with Gasteiger partial charge in [0.15, 0.2) is 0 Å². The van der Waals surface area contributed by atoms with Crippen molar-refractivity contribution in [3.8, 4) is 0 Å². The van der Waals surface area contributed by atoms with Gasteiger partial charge in [0.25, 0.3) is 10.0 Å². The Kier molecular flexibility index (Phi) is 11.8. The number of carbonyl (C=O) groups is 2. The fraction of sp³-hybridized carbons (Fsp3) is 0.297. The van der Waals surface area contributed by atoms with E-state index in [2.05, 4.69) is 5.32 Å². The number of carbonyl (C=O) groups excluding carboxylic acids is 2.